The number of hydrogen-bond donors (Lipinski definition) is 1. The third-order valence-electron chi connectivity index (χ3n) is 5.12. The Morgan fingerprint density at radius 2 is 1.19 bits per heavy atom. The van der Waals surface area contributed by atoms with E-state index in [0.29, 0.717) is 0 Å². The number of hydrogen-bond acceptors (Lipinski definition) is 3. The first-order valence-corrected chi connectivity index (χ1v) is 9.47. The van der Waals surface area contributed by atoms with Crippen LogP contribution >= 0.6 is 0 Å². The summed E-state index contributed by atoms with van der Waals surface area (Å²) in [5.74, 6) is -0.775. The summed E-state index contributed by atoms with van der Waals surface area (Å²) in [5.41, 5.74) is 3.57. The van der Waals surface area contributed by atoms with E-state index in [9.17, 15) is 4.79 Å². The first kappa shape index (κ1) is 18.6. The van der Waals surface area contributed by atoms with E-state index in [2.05, 4.69) is 52.3 Å². The van der Waals surface area contributed by atoms with Gasteiger partial charge in [0, 0.05) is 39.3 Å². The van der Waals surface area contributed by atoms with Gasteiger partial charge in [-0.1, -0.05) is 54.6 Å². The van der Waals surface area contributed by atoms with Crippen molar-refractivity contribution in [2.75, 3.05) is 39.3 Å². The Hall–Kier alpha value is -2.17. The van der Waals surface area contributed by atoms with Crippen molar-refractivity contribution >= 4 is 5.97 Å². The zero-order chi connectivity index (χ0) is 18.2. The second-order valence-corrected chi connectivity index (χ2v) is 7.06. The average molecular weight is 352 g/mol. The van der Waals surface area contributed by atoms with E-state index >= 15 is 0 Å². The Labute approximate surface area is 156 Å². The minimum absolute atomic E-state index is 0.102. The second-order valence-electron chi connectivity index (χ2n) is 7.06. The summed E-state index contributed by atoms with van der Waals surface area (Å²) in [4.78, 5) is 15.8. The maximum absolute atomic E-state index is 10.7. The lowest BCUT2D eigenvalue weighted by Crippen LogP contribution is -2.47. The maximum atomic E-state index is 10.7. The summed E-state index contributed by atoms with van der Waals surface area (Å²) in [6.45, 7) is 6.76. The van der Waals surface area contributed by atoms with Gasteiger partial charge in [0.25, 0.3) is 0 Å². The van der Waals surface area contributed by atoms with Crippen molar-refractivity contribution in [1.82, 2.24) is 9.80 Å². The molecular formula is C22H28N2O2. The summed E-state index contributed by atoms with van der Waals surface area (Å²) in [6, 6.07) is 18.7. The lowest BCUT2D eigenvalue weighted by molar-refractivity contribution is -0.136. The molecule has 4 heteroatoms. The van der Waals surface area contributed by atoms with Crippen LogP contribution in [0.4, 0.5) is 0 Å². The van der Waals surface area contributed by atoms with Gasteiger partial charge in [-0.15, -0.1) is 0 Å². The van der Waals surface area contributed by atoms with E-state index in [0.717, 1.165) is 57.7 Å². The van der Waals surface area contributed by atoms with Gasteiger partial charge in [0.1, 0.15) is 0 Å². The highest BCUT2D eigenvalue weighted by Gasteiger charge is 2.16. The highest BCUT2D eigenvalue weighted by molar-refractivity contribution is 5.70. The van der Waals surface area contributed by atoms with Gasteiger partial charge in [0.15, 0.2) is 0 Å². The number of carbonyl (C=O) groups is 1. The van der Waals surface area contributed by atoms with Crippen LogP contribution in [-0.2, 0) is 24.1 Å². The van der Waals surface area contributed by atoms with Crippen LogP contribution in [0, 0.1) is 0 Å². The molecule has 2 aromatic rings. The number of aliphatic carboxylic acids is 1. The molecule has 0 bridgehead atoms. The predicted octanol–water partition coefficient (Wildman–Crippen LogP) is 2.72. The van der Waals surface area contributed by atoms with Gasteiger partial charge in [-0.3, -0.25) is 4.79 Å². The van der Waals surface area contributed by atoms with Crippen molar-refractivity contribution < 1.29 is 9.90 Å². The molecule has 1 saturated heterocycles. The molecule has 1 aliphatic rings. The van der Waals surface area contributed by atoms with E-state index in [-0.39, 0.29) is 6.42 Å². The van der Waals surface area contributed by atoms with Crippen molar-refractivity contribution in [3.05, 3.63) is 71.3 Å². The van der Waals surface area contributed by atoms with Crippen molar-refractivity contribution in [1.29, 1.82) is 0 Å². The van der Waals surface area contributed by atoms with Gasteiger partial charge in [-0.2, -0.15) is 0 Å². The highest BCUT2D eigenvalue weighted by Crippen LogP contribution is 2.09. The van der Waals surface area contributed by atoms with Crippen LogP contribution < -0.4 is 0 Å². The van der Waals surface area contributed by atoms with Crippen LogP contribution in [0.15, 0.2) is 54.6 Å². The topological polar surface area (TPSA) is 43.8 Å². The number of rotatable bonds is 8. The minimum atomic E-state index is -0.775. The molecule has 0 unspecified atom stereocenters. The number of benzene rings is 2. The van der Waals surface area contributed by atoms with Crippen LogP contribution in [0.25, 0.3) is 0 Å². The summed E-state index contributed by atoms with van der Waals surface area (Å²) in [7, 11) is 0. The Morgan fingerprint density at radius 3 is 1.69 bits per heavy atom. The summed E-state index contributed by atoms with van der Waals surface area (Å²) < 4.78 is 0. The lowest BCUT2D eigenvalue weighted by atomic mass is 10.1. The largest absolute Gasteiger partial charge is 0.481 e. The van der Waals surface area contributed by atoms with E-state index in [4.69, 9.17) is 5.11 Å². The molecule has 0 spiro atoms. The van der Waals surface area contributed by atoms with Gasteiger partial charge < -0.3 is 14.9 Å². The van der Waals surface area contributed by atoms with Gasteiger partial charge >= 0.3 is 5.97 Å². The fourth-order valence-electron chi connectivity index (χ4n) is 3.45. The first-order valence-electron chi connectivity index (χ1n) is 9.47. The van der Waals surface area contributed by atoms with Crippen molar-refractivity contribution in [2.24, 2.45) is 0 Å². The maximum Gasteiger partial charge on any atom is 0.307 e. The molecule has 1 fully saturated rings. The normalized spacial score (nSPS) is 15.8. The molecule has 1 N–H and O–H groups in total. The Morgan fingerprint density at radius 1 is 0.731 bits per heavy atom. The Bertz CT molecular complexity index is 677. The standard InChI is InChI=1S/C22H28N2O2/c25-22(26)18-21-8-6-20(7-9-21)11-13-24-16-14-23(15-17-24)12-10-19-4-2-1-3-5-19/h1-9H,10-18H2,(H,25,26). The summed E-state index contributed by atoms with van der Waals surface area (Å²) >= 11 is 0. The van der Waals surface area contributed by atoms with Crippen molar-refractivity contribution in [3.63, 3.8) is 0 Å². The SMILES string of the molecule is O=C(O)Cc1ccc(CCN2CCN(CCc3ccccc3)CC2)cc1. The zero-order valence-corrected chi connectivity index (χ0v) is 15.3. The summed E-state index contributed by atoms with van der Waals surface area (Å²) in [6.07, 6.45) is 2.26. The number of carboxylic acids is 1. The fraction of sp³-hybridized carbons (Fsp3) is 0.409. The van der Waals surface area contributed by atoms with Crippen LogP contribution in [-0.4, -0.2) is 60.1 Å². The van der Waals surface area contributed by atoms with Gasteiger partial charge in [0.05, 0.1) is 6.42 Å². The third kappa shape index (κ3) is 5.97. The molecule has 0 radical (unpaired) electrons. The van der Waals surface area contributed by atoms with Crippen molar-refractivity contribution in [3.8, 4) is 0 Å². The smallest absolute Gasteiger partial charge is 0.307 e. The number of nitrogens with zero attached hydrogens (tertiary/aromatic N) is 2. The molecule has 0 saturated carbocycles. The molecule has 138 valence electrons. The van der Waals surface area contributed by atoms with Crippen molar-refractivity contribution in [2.45, 2.75) is 19.3 Å². The first-order chi connectivity index (χ1) is 12.7. The third-order valence-corrected chi connectivity index (χ3v) is 5.12. The minimum Gasteiger partial charge on any atom is -0.481 e. The van der Waals surface area contributed by atoms with Gasteiger partial charge in [-0.05, 0) is 29.5 Å². The molecule has 3 rings (SSSR count). The van der Waals surface area contributed by atoms with E-state index < -0.39 is 5.97 Å². The Balaban J connectivity index is 1.35. The zero-order valence-electron chi connectivity index (χ0n) is 15.3. The molecule has 1 aliphatic heterocycles. The molecule has 4 nitrogen and oxygen atoms in total. The van der Waals surface area contributed by atoms with Gasteiger partial charge in [-0.25, -0.2) is 0 Å². The molecule has 1 heterocycles. The van der Waals surface area contributed by atoms with E-state index in [1.807, 2.05) is 12.1 Å². The van der Waals surface area contributed by atoms with E-state index in [1.165, 1.54) is 11.1 Å². The molecular weight excluding hydrogens is 324 g/mol. The lowest BCUT2D eigenvalue weighted by Gasteiger charge is -2.34. The quantitative estimate of drug-likeness (QED) is 0.793. The van der Waals surface area contributed by atoms with Crippen LogP contribution in [0.5, 0.6) is 0 Å². The van der Waals surface area contributed by atoms with Crippen LogP contribution in [0.1, 0.15) is 16.7 Å². The monoisotopic (exact) mass is 352 g/mol. The van der Waals surface area contributed by atoms with Crippen LogP contribution in [0.3, 0.4) is 0 Å². The Kier molecular flexibility index (Phi) is 6.81. The molecule has 0 aromatic heterocycles. The molecule has 0 atom stereocenters. The molecule has 26 heavy (non-hydrogen) atoms. The second kappa shape index (κ2) is 9.51. The number of piperazine rings is 1. The van der Waals surface area contributed by atoms with Crippen LogP contribution in [0.2, 0.25) is 0 Å². The fourth-order valence-corrected chi connectivity index (χ4v) is 3.45. The van der Waals surface area contributed by atoms with Gasteiger partial charge in [0.2, 0.25) is 0 Å². The number of carboxylic acid groups (broad SMARTS) is 1. The highest BCUT2D eigenvalue weighted by atomic mass is 16.4. The molecule has 0 aliphatic carbocycles. The summed E-state index contributed by atoms with van der Waals surface area (Å²) in [5, 5.41) is 8.82. The molecule has 2 aromatic carbocycles. The molecule has 0 amide bonds. The average Bonchev–Trinajstić information content (AvgIpc) is 2.67. The van der Waals surface area contributed by atoms with E-state index in [1.54, 1.807) is 0 Å². The predicted molar refractivity (Wildman–Crippen MR) is 105 cm³/mol.